The zero-order chi connectivity index (χ0) is 17.5. The smallest absolute Gasteiger partial charge is 0.219 e. The summed E-state index contributed by atoms with van der Waals surface area (Å²) in [6.07, 6.45) is 2.44. The Morgan fingerprint density at radius 2 is 1.58 bits per heavy atom. The number of ketones is 2. The first-order valence-corrected chi connectivity index (χ1v) is 7.37. The van der Waals surface area contributed by atoms with E-state index in [1.165, 1.54) is 34.5 Å². The van der Waals surface area contributed by atoms with Crippen LogP contribution in [0.2, 0.25) is 0 Å². The molecule has 24 heavy (non-hydrogen) atoms. The van der Waals surface area contributed by atoms with E-state index in [2.05, 4.69) is 0 Å². The predicted molar refractivity (Wildman–Crippen MR) is 85.4 cm³/mol. The van der Waals surface area contributed by atoms with Crippen molar-refractivity contribution in [2.24, 2.45) is 0 Å². The average molecular weight is 330 g/mol. The molecule has 0 fully saturated rings. The molecule has 1 atom stereocenters. The van der Waals surface area contributed by atoms with Crippen molar-refractivity contribution in [2.45, 2.75) is 11.9 Å². The van der Waals surface area contributed by atoms with Crippen LogP contribution < -0.4 is 4.74 Å². The van der Waals surface area contributed by atoms with Gasteiger partial charge in [-0.25, -0.2) is 0 Å². The lowest BCUT2D eigenvalue weighted by molar-refractivity contribution is -0.221. The minimum atomic E-state index is -1.26. The van der Waals surface area contributed by atoms with E-state index in [9.17, 15) is 9.59 Å². The molecule has 126 valence electrons. The third-order valence-corrected chi connectivity index (χ3v) is 4.45. The lowest BCUT2D eigenvalue weighted by Gasteiger charge is -2.38. The number of rotatable bonds is 4. The molecule has 0 aromatic heterocycles. The van der Waals surface area contributed by atoms with Gasteiger partial charge in [0.2, 0.25) is 5.79 Å². The fourth-order valence-electron chi connectivity index (χ4n) is 3.10. The summed E-state index contributed by atoms with van der Waals surface area (Å²) in [4.78, 5) is 25.7. The SMILES string of the molecule is COc1ccc2c(c1)C(=O)C1=CC(OC)(OC)C(OC)C=C1C2=O. The van der Waals surface area contributed by atoms with Crippen LogP contribution in [0.5, 0.6) is 5.75 Å². The van der Waals surface area contributed by atoms with Crippen LogP contribution in [0.4, 0.5) is 0 Å². The number of allylic oxidation sites excluding steroid dienone is 2. The highest BCUT2D eigenvalue weighted by atomic mass is 16.7. The quantitative estimate of drug-likeness (QED) is 0.786. The number of hydrogen-bond acceptors (Lipinski definition) is 6. The van der Waals surface area contributed by atoms with Gasteiger partial charge in [-0.2, -0.15) is 0 Å². The summed E-state index contributed by atoms with van der Waals surface area (Å²) in [5.41, 5.74) is 1.20. The molecule has 0 saturated carbocycles. The summed E-state index contributed by atoms with van der Waals surface area (Å²) in [6, 6.07) is 4.82. The lowest BCUT2D eigenvalue weighted by Crippen LogP contribution is -2.48. The van der Waals surface area contributed by atoms with Crippen molar-refractivity contribution >= 4 is 11.6 Å². The number of carbonyl (C=O) groups excluding carboxylic acids is 2. The van der Waals surface area contributed by atoms with Crippen molar-refractivity contribution in [1.82, 2.24) is 0 Å². The second-order valence-electron chi connectivity index (χ2n) is 5.49. The molecule has 0 saturated heterocycles. The molecule has 2 aliphatic rings. The van der Waals surface area contributed by atoms with Gasteiger partial charge in [0.15, 0.2) is 11.6 Å². The number of hydrogen-bond donors (Lipinski definition) is 0. The van der Waals surface area contributed by atoms with E-state index >= 15 is 0 Å². The second kappa shape index (κ2) is 5.98. The Morgan fingerprint density at radius 1 is 0.917 bits per heavy atom. The van der Waals surface area contributed by atoms with Gasteiger partial charge in [0.1, 0.15) is 11.9 Å². The van der Waals surface area contributed by atoms with E-state index < -0.39 is 11.9 Å². The standard InChI is InChI=1S/C18H18O6/c1-21-10-5-6-11-12(7-10)17(20)14-9-18(23-3,24-4)15(22-2)8-13(14)16(11)19/h5-9,15H,1-4H3. The molecule has 1 aromatic rings. The Bertz CT molecular complexity index is 770. The highest BCUT2D eigenvalue weighted by Crippen LogP contribution is 2.39. The van der Waals surface area contributed by atoms with Crippen LogP contribution in [0.15, 0.2) is 41.5 Å². The lowest BCUT2D eigenvalue weighted by atomic mass is 9.77. The number of Topliss-reactive ketones (excluding diaryl/α,β-unsaturated/α-hetero) is 2. The van der Waals surface area contributed by atoms with Crippen LogP contribution >= 0.6 is 0 Å². The van der Waals surface area contributed by atoms with Crippen LogP contribution in [-0.4, -0.2) is 51.9 Å². The van der Waals surface area contributed by atoms with Gasteiger partial charge in [-0.1, -0.05) is 0 Å². The summed E-state index contributed by atoms with van der Waals surface area (Å²) in [7, 11) is 5.91. The molecular weight excluding hydrogens is 312 g/mol. The van der Waals surface area contributed by atoms with Crippen LogP contribution in [0.1, 0.15) is 20.7 Å². The van der Waals surface area contributed by atoms with Gasteiger partial charge in [0, 0.05) is 43.6 Å². The van der Waals surface area contributed by atoms with Gasteiger partial charge in [-0.05, 0) is 30.4 Å². The second-order valence-corrected chi connectivity index (χ2v) is 5.49. The van der Waals surface area contributed by atoms with Gasteiger partial charge in [0.05, 0.1) is 7.11 Å². The molecule has 1 unspecified atom stereocenters. The molecule has 0 aliphatic heterocycles. The number of fused-ring (bicyclic) bond motifs is 2. The molecule has 0 amide bonds. The predicted octanol–water partition coefficient (Wildman–Crippen LogP) is 1.94. The minimum absolute atomic E-state index is 0.235. The van der Waals surface area contributed by atoms with Crippen LogP contribution in [0.25, 0.3) is 0 Å². The van der Waals surface area contributed by atoms with Gasteiger partial charge in [0.25, 0.3) is 0 Å². The number of benzene rings is 1. The molecule has 0 radical (unpaired) electrons. The first-order valence-electron chi connectivity index (χ1n) is 7.37. The molecule has 0 heterocycles. The fraction of sp³-hybridized carbons (Fsp3) is 0.333. The van der Waals surface area contributed by atoms with E-state index in [4.69, 9.17) is 18.9 Å². The highest BCUT2D eigenvalue weighted by molar-refractivity contribution is 6.31. The Hall–Kier alpha value is -2.28. The van der Waals surface area contributed by atoms with Crippen molar-refractivity contribution in [3.63, 3.8) is 0 Å². The molecule has 0 spiro atoms. The Kier molecular flexibility index (Phi) is 4.13. The molecule has 3 rings (SSSR count). The van der Waals surface area contributed by atoms with Gasteiger partial charge < -0.3 is 18.9 Å². The van der Waals surface area contributed by atoms with Crippen molar-refractivity contribution in [3.8, 4) is 5.75 Å². The maximum Gasteiger partial charge on any atom is 0.219 e. The van der Waals surface area contributed by atoms with E-state index in [0.717, 1.165) is 0 Å². The maximum atomic E-state index is 12.9. The Morgan fingerprint density at radius 3 is 2.17 bits per heavy atom. The van der Waals surface area contributed by atoms with Crippen molar-refractivity contribution in [3.05, 3.63) is 52.6 Å². The molecule has 0 bridgehead atoms. The third kappa shape index (κ3) is 2.23. The highest BCUT2D eigenvalue weighted by Gasteiger charge is 2.45. The fourth-order valence-corrected chi connectivity index (χ4v) is 3.10. The van der Waals surface area contributed by atoms with Crippen molar-refractivity contribution in [1.29, 1.82) is 0 Å². The summed E-state index contributed by atoms with van der Waals surface area (Å²) in [5, 5.41) is 0. The summed E-state index contributed by atoms with van der Waals surface area (Å²) < 4.78 is 21.4. The monoisotopic (exact) mass is 330 g/mol. The molecule has 0 N–H and O–H groups in total. The van der Waals surface area contributed by atoms with Crippen LogP contribution in [0.3, 0.4) is 0 Å². The summed E-state index contributed by atoms with van der Waals surface area (Å²) >= 11 is 0. The zero-order valence-electron chi connectivity index (χ0n) is 13.9. The minimum Gasteiger partial charge on any atom is -0.497 e. The largest absolute Gasteiger partial charge is 0.497 e. The third-order valence-electron chi connectivity index (χ3n) is 4.45. The Balaban J connectivity index is 2.21. The zero-order valence-corrected chi connectivity index (χ0v) is 13.9. The number of carbonyl (C=O) groups is 2. The summed E-state index contributed by atoms with van der Waals surface area (Å²) in [5.74, 6) is -1.26. The first kappa shape index (κ1) is 16.6. The first-order chi connectivity index (χ1) is 11.5. The van der Waals surface area contributed by atoms with Gasteiger partial charge >= 0.3 is 0 Å². The van der Waals surface area contributed by atoms with Crippen LogP contribution in [-0.2, 0) is 14.2 Å². The van der Waals surface area contributed by atoms with E-state index in [-0.39, 0.29) is 17.1 Å². The molecule has 1 aromatic carbocycles. The van der Waals surface area contributed by atoms with E-state index in [0.29, 0.717) is 22.4 Å². The van der Waals surface area contributed by atoms with Gasteiger partial charge in [-0.3, -0.25) is 9.59 Å². The normalized spacial score (nSPS) is 21.6. The topological polar surface area (TPSA) is 71.1 Å². The Labute approximate surface area is 139 Å². The van der Waals surface area contributed by atoms with E-state index in [1.807, 2.05) is 0 Å². The molecule has 2 aliphatic carbocycles. The molecule has 6 heteroatoms. The van der Waals surface area contributed by atoms with Crippen molar-refractivity contribution < 1.29 is 28.5 Å². The maximum absolute atomic E-state index is 12.9. The van der Waals surface area contributed by atoms with Gasteiger partial charge in [-0.15, -0.1) is 0 Å². The summed E-state index contributed by atoms with van der Waals surface area (Å²) in [6.45, 7) is 0. The van der Waals surface area contributed by atoms with E-state index in [1.54, 1.807) is 24.3 Å². The number of methoxy groups -OCH3 is 4. The molecular formula is C18H18O6. The van der Waals surface area contributed by atoms with Crippen LogP contribution in [0, 0.1) is 0 Å². The average Bonchev–Trinajstić information content (AvgIpc) is 2.64. The molecule has 6 nitrogen and oxygen atoms in total. The number of ether oxygens (including phenoxy) is 4. The van der Waals surface area contributed by atoms with Crippen molar-refractivity contribution in [2.75, 3.05) is 28.4 Å².